The molecular formula is C23H24N4O5S. The minimum atomic E-state index is -3.79. The van der Waals surface area contributed by atoms with Gasteiger partial charge in [0.15, 0.2) is 0 Å². The first-order valence-electron chi connectivity index (χ1n) is 10.3. The molecule has 0 saturated carbocycles. The van der Waals surface area contributed by atoms with Gasteiger partial charge in [-0.1, -0.05) is 12.1 Å². The monoisotopic (exact) mass is 468 g/mol. The fourth-order valence-corrected chi connectivity index (χ4v) is 5.00. The summed E-state index contributed by atoms with van der Waals surface area (Å²) in [5, 5.41) is 2.71. The van der Waals surface area contributed by atoms with E-state index in [1.807, 2.05) is 35.0 Å². The van der Waals surface area contributed by atoms with Gasteiger partial charge in [-0.15, -0.1) is 0 Å². The summed E-state index contributed by atoms with van der Waals surface area (Å²) >= 11 is 0. The molecule has 1 fully saturated rings. The van der Waals surface area contributed by atoms with Gasteiger partial charge in [0, 0.05) is 42.9 Å². The molecule has 0 aliphatic carbocycles. The number of carbonyl (C=O) groups is 1. The van der Waals surface area contributed by atoms with Crippen molar-refractivity contribution in [2.45, 2.75) is 4.90 Å². The van der Waals surface area contributed by atoms with Crippen molar-refractivity contribution in [3.05, 3.63) is 72.8 Å². The maximum atomic E-state index is 13.1. The Kier molecular flexibility index (Phi) is 6.87. The Labute approximate surface area is 192 Å². The van der Waals surface area contributed by atoms with Crippen LogP contribution in [-0.2, 0) is 19.6 Å². The van der Waals surface area contributed by atoms with Crippen molar-refractivity contribution in [2.75, 3.05) is 38.7 Å². The molecule has 0 radical (unpaired) electrons. The van der Waals surface area contributed by atoms with Crippen LogP contribution in [0.3, 0.4) is 0 Å². The Hall–Kier alpha value is -3.47. The predicted octanol–water partition coefficient (Wildman–Crippen LogP) is 2.55. The quantitative estimate of drug-likeness (QED) is 0.535. The van der Waals surface area contributed by atoms with Gasteiger partial charge in [0.05, 0.1) is 26.7 Å². The molecule has 1 amide bonds. The van der Waals surface area contributed by atoms with Crippen LogP contribution in [0.4, 0.5) is 5.69 Å². The van der Waals surface area contributed by atoms with E-state index in [0.717, 1.165) is 11.3 Å². The molecule has 2 heterocycles. The fourth-order valence-electron chi connectivity index (χ4n) is 3.41. The van der Waals surface area contributed by atoms with Gasteiger partial charge in [0.1, 0.15) is 10.6 Å². The van der Waals surface area contributed by atoms with Gasteiger partial charge >= 0.3 is 0 Å². The van der Waals surface area contributed by atoms with Crippen molar-refractivity contribution in [3.63, 3.8) is 0 Å². The average molecular weight is 469 g/mol. The van der Waals surface area contributed by atoms with E-state index in [4.69, 9.17) is 9.47 Å². The van der Waals surface area contributed by atoms with Gasteiger partial charge in [0.25, 0.3) is 0 Å². The topological polar surface area (TPSA) is 103 Å². The summed E-state index contributed by atoms with van der Waals surface area (Å²) in [6.07, 6.45) is 8.34. The maximum absolute atomic E-state index is 13.1. The van der Waals surface area contributed by atoms with Crippen molar-refractivity contribution < 1.29 is 22.7 Å². The molecule has 1 N–H and O–H groups in total. The molecule has 172 valence electrons. The van der Waals surface area contributed by atoms with E-state index in [0.29, 0.717) is 18.9 Å². The van der Waals surface area contributed by atoms with Gasteiger partial charge in [-0.3, -0.25) is 4.79 Å². The van der Waals surface area contributed by atoms with Crippen LogP contribution >= 0.6 is 0 Å². The van der Waals surface area contributed by atoms with Crippen LogP contribution in [-0.4, -0.2) is 61.6 Å². The van der Waals surface area contributed by atoms with Gasteiger partial charge in [-0.2, -0.15) is 4.31 Å². The van der Waals surface area contributed by atoms with E-state index < -0.39 is 10.0 Å². The molecule has 9 nitrogen and oxygen atoms in total. The maximum Gasteiger partial charge on any atom is 0.248 e. The zero-order valence-electron chi connectivity index (χ0n) is 18.0. The van der Waals surface area contributed by atoms with Gasteiger partial charge in [-0.25, -0.2) is 13.4 Å². The molecule has 1 aliphatic rings. The van der Waals surface area contributed by atoms with E-state index in [9.17, 15) is 13.2 Å². The molecule has 0 bridgehead atoms. The minimum absolute atomic E-state index is 0.00349. The lowest BCUT2D eigenvalue weighted by atomic mass is 10.2. The standard InChI is InChI=1S/C23H24N4O5S/c1-31-21-8-5-19(16-22(21)33(29,30)27-12-14-32-15-13-27)25-23(28)9-4-18-2-6-20(7-3-18)26-11-10-24-17-26/h2-11,16-17H,12-15H2,1H3,(H,25,28). The summed E-state index contributed by atoms with van der Waals surface area (Å²) in [4.78, 5) is 16.5. The van der Waals surface area contributed by atoms with Crippen LogP contribution in [0.5, 0.6) is 5.75 Å². The second-order valence-electron chi connectivity index (χ2n) is 7.27. The highest BCUT2D eigenvalue weighted by molar-refractivity contribution is 7.89. The van der Waals surface area contributed by atoms with Gasteiger partial charge < -0.3 is 19.4 Å². The Morgan fingerprint density at radius 3 is 2.58 bits per heavy atom. The molecule has 1 aromatic heterocycles. The summed E-state index contributed by atoms with van der Waals surface area (Å²) in [6, 6.07) is 12.2. The number of aromatic nitrogens is 2. The molecule has 33 heavy (non-hydrogen) atoms. The highest BCUT2D eigenvalue weighted by Crippen LogP contribution is 2.30. The van der Waals surface area contributed by atoms with Crippen molar-refractivity contribution in [1.82, 2.24) is 13.9 Å². The van der Waals surface area contributed by atoms with E-state index in [1.165, 1.54) is 29.6 Å². The number of rotatable bonds is 7. The Morgan fingerprint density at radius 2 is 1.91 bits per heavy atom. The minimum Gasteiger partial charge on any atom is -0.495 e. The Morgan fingerprint density at radius 1 is 1.15 bits per heavy atom. The third kappa shape index (κ3) is 5.30. The predicted molar refractivity (Wildman–Crippen MR) is 124 cm³/mol. The molecular weight excluding hydrogens is 444 g/mol. The zero-order valence-corrected chi connectivity index (χ0v) is 18.9. The van der Waals surface area contributed by atoms with E-state index >= 15 is 0 Å². The van der Waals surface area contributed by atoms with Crippen molar-refractivity contribution in [3.8, 4) is 11.4 Å². The van der Waals surface area contributed by atoms with Crippen LogP contribution < -0.4 is 10.1 Å². The largest absolute Gasteiger partial charge is 0.495 e. The normalized spacial score (nSPS) is 14.9. The highest BCUT2D eigenvalue weighted by atomic mass is 32.2. The third-order valence-electron chi connectivity index (χ3n) is 5.14. The summed E-state index contributed by atoms with van der Waals surface area (Å²) in [5.74, 6) is -0.165. The first kappa shape index (κ1) is 22.7. The van der Waals surface area contributed by atoms with E-state index in [2.05, 4.69) is 10.3 Å². The summed E-state index contributed by atoms with van der Waals surface area (Å²) in [5.41, 5.74) is 2.16. The average Bonchev–Trinajstić information content (AvgIpc) is 3.39. The van der Waals surface area contributed by atoms with Crippen LogP contribution in [0.1, 0.15) is 5.56 Å². The second-order valence-corrected chi connectivity index (χ2v) is 9.17. The lowest BCUT2D eigenvalue weighted by Crippen LogP contribution is -2.40. The number of nitrogens with one attached hydrogen (secondary N) is 1. The van der Waals surface area contributed by atoms with Crippen LogP contribution in [0.25, 0.3) is 11.8 Å². The molecule has 2 aromatic carbocycles. The lowest BCUT2D eigenvalue weighted by Gasteiger charge is -2.26. The molecule has 0 unspecified atom stereocenters. The number of ether oxygens (including phenoxy) is 2. The molecule has 0 spiro atoms. The number of anilines is 1. The summed E-state index contributed by atoms with van der Waals surface area (Å²) in [6.45, 7) is 1.22. The molecule has 3 aromatic rings. The van der Waals surface area contributed by atoms with Crippen LogP contribution in [0, 0.1) is 0 Å². The number of sulfonamides is 1. The van der Waals surface area contributed by atoms with Crippen molar-refractivity contribution in [2.24, 2.45) is 0 Å². The van der Waals surface area contributed by atoms with Crippen LogP contribution in [0.15, 0.2) is 72.2 Å². The van der Waals surface area contributed by atoms with Gasteiger partial charge in [0.2, 0.25) is 15.9 Å². The number of morpholine rings is 1. The Bertz CT molecular complexity index is 1230. The van der Waals surface area contributed by atoms with Crippen molar-refractivity contribution >= 4 is 27.7 Å². The van der Waals surface area contributed by atoms with E-state index in [-0.39, 0.29) is 29.6 Å². The smallest absolute Gasteiger partial charge is 0.248 e. The molecule has 1 aliphatic heterocycles. The number of imidazole rings is 1. The number of amides is 1. The lowest BCUT2D eigenvalue weighted by molar-refractivity contribution is -0.111. The molecule has 0 atom stereocenters. The number of hydrogen-bond acceptors (Lipinski definition) is 6. The zero-order chi connectivity index (χ0) is 23.3. The van der Waals surface area contributed by atoms with Crippen molar-refractivity contribution in [1.29, 1.82) is 0 Å². The summed E-state index contributed by atoms with van der Waals surface area (Å²) in [7, 11) is -2.38. The third-order valence-corrected chi connectivity index (χ3v) is 7.06. The first-order valence-corrected chi connectivity index (χ1v) is 11.7. The number of benzene rings is 2. The SMILES string of the molecule is COc1ccc(NC(=O)C=Cc2ccc(-n3ccnc3)cc2)cc1S(=O)(=O)N1CCOCC1. The Balaban J connectivity index is 1.47. The second kappa shape index (κ2) is 9.99. The summed E-state index contributed by atoms with van der Waals surface area (Å²) < 4.78 is 39.9. The van der Waals surface area contributed by atoms with E-state index in [1.54, 1.807) is 24.7 Å². The number of hydrogen-bond donors (Lipinski definition) is 1. The van der Waals surface area contributed by atoms with Gasteiger partial charge in [-0.05, 0) is 42.0 Å². The molecule has 10 heteroatoms. The van der Waals surface area contributed by atoms with Crippen LogP contribution in [0.2, 0.25) is 0 Å². The molecule has 1 saturated heterocycles. The number of carbonyl (C=O) groups excluding carboxylic acids is 1. The highest BCUT2D eigenvalue weighted by Gasteiger charge is 2.29. The number of nitrogens with zero attached hydrogens (tertiary/aromatic N) is 3. The number of methoxy groups -OCH3 is 1. The fraction of sp³-hybridized carbons (Fsp3) is 0.217. The molecule has 4 rings (SSSR count). The first-order chi connectivity index (χ1) is 16.0.